The normalized spacial score (nSPS) is 10.4. The summed E-state index contributed by atoms with van der Waals surface area (Å²) in [7, 11) is 1.52. The second kappa shape index (κ2) is 10.2. The van der Waals surface area contributed by atoms with Crippen molar-refractivity contribution in [2.45, 2.75) is 13.5 Å². The van der Waals surface area contributed by atoms with Gasteiger partial charge in [0, 0.05) is 24.2 Å². The molecule has 5 nitrogen and oxygen atoms in total. The molecule has 0 aliphatic carbocycles. The third-order valence-electron chi connectivity index (χ3n) is 3.85. The van der Waals surface area contributed by atoms with Crippen LogP contribution in [0.4, 0.5) is 0 Å². The Morgan fingerprint density at radius 2 is 2.07 bits per heavy atom. The molecular weight excluding hydrogens is 364 g/mol. The molecule has 0 unspecified atom stereocenters. The van der Waals surface area contributed by atoms with Crippen LogP contribution in [0.3, 0.4) is 0 Å². The van der Waals surface area contributed by atoms with E-state index in [0.29, 0.717) is 29.6 Å². The summed E-state index contributed by atoms with van der Waals surface area (Å²) in [5.41, 5.74) is 1.77. The summed E-state index contributed by atoms with van der Waals surface area (Å²) in [5, 5.41) is 9.26. The molecule has 0 saturated heterocycles. The van der Waals surface area contributed by atoms with Crippen molar-refractivity contribution in [3.8, 4) is 17.6 Å². The van der Waals surface area contributed by atoms with Gasteiger partial charge >= 0.3 is 0 Å². The lowest BCUT2D eigenvalue weighted by molar-refractivity contribution is -0.126. The number of rotatable bonds is 8. The van der Waals surface area contributed by atoms with Gasteiger partial charge in [-0.15, -0.1) is 0 Å². The monoisotopic (exact) mass is 384 g/mol. The van der Waals surface area contributed by atoms with Crippen LogP contribution in [0, 0.1) is 11.3 Å². The lowest BCUT2D eigenvalue weighted by Gasteiger charge is -2.19. The second-order valence-corrected chi connectivity index (χ2v) is 6.11. The number of methoxy groups -OCH3 is 1. The molecule has 0 aliphatic heterocycles. The minimum Gasteiger partial charge on any atom is -0.493 e. The summed E-state index contributed by atoms with van der Waals surface area (Å²) in [6.45, 7) is 2.95. The Bertz CT molecular complexity index is 859. The molecule has 6 heteroatoms. The van der Waals surface area contributed by atoms with Crippen LogP contribution in [-0.4, -0.2) is 31.1 Å². The summed E-state index contributed by atoms with van der Waals surface area (Å²) in [4.78, 5) is 14.2. The van der Waals surface area contributed by atoms with Crippen LogP contribution >= 0.6 is 11.6 Å². The van der Waals surface area contributed by atoms with Crippen molar-refractivity contribution in [1.29, 1.82) is 5.26 Å². The van der Waals surface area contributed by atoms with Gasteiger partial charge in [0.15, 0.2) is 18.1 Å². The Morgan fingerprint density at radius 1 is 1.26 bits per heavy atom. The zero-order valence-electron chi connectivity index (χ0n) is 15.3. The van der Waals surface area contributed by atoms with Crippen LogP contribution in [0.25, 0.3) is 6.08 Å². The van der Waals surface area contributed by atoms with E-state index < -0.39 is 0 Å². The van der Waals surface area contributed by atoms with Gasteiger partial charge in [-0.05, 0) is 48.4 Å². The van der Waals surface area contributed by atoms with Crippen molar-refractivity contribution in [1.82, 2.24) is 4.90 Å². The molecule has 0 atom stereocenters. The van der Waals surface area contributed by atoms with Crippen molar-refractivity contribution < 1.29 is 14.3 Å². The number of hydrogen-bond acceptors (Lipinski definition) is 4. The first-order valence-electron chi connectivity index (χ1n) is 8.46. The van der Waals surface area contributed by atoms with E-state index in [1.165, 1.54) is 13.2 Å². The number of carbonyl (C=O) groups excluding carboxylic acids is 1. The standard InChI is InChI=1S/C21H21ClN2O3/c1-3-24(15-17-5-4-6-18(22)13-17)21(25)10-8-16-7-9-19(27-12-11-23)20(14-16)26-2/h4-10,13-14H,3,12,15H2,1-2H3/b10-8+. The van der Waals surface area contributed by atoms with E-state index >= 15 is 0 Å². The van der Waals surface area contributed by atoms with Crippen molar-refractivity contribution in [2.24, 2.45) is 0 Å². The minimum absolute atomic E-state index is 0.0566. The molecule has 0 radical (unpaired) electrons. The second-order valence-electron chi connectivity index (χ2n) is 5.67. The third kappa shape index (κ3) is 6.05. The van der Waals surface area contributed by atoms with Gasteiger partial charge in [-0.25, -0.2) is 0 Å². The predicted molar refractivity (Wildman–Crippen MR) is 106 cm³/mol. The van der Waals surface area contributed by atoms with Crippen LogP contribution in [0.15, 0.2) is 48.5 Å². The Hall–Kier alpha value is -2.97. The largest absolute Gasteiger partial charge is 0.493 e. The maximum Gasteiger partial charge on any atom is 0.246 e. The van der Waals surface area contributed by atoms with E-state index in [4.69, 9.17) is 26.3 Å². The molecule has 1 amide bonds. The summed E-state index contributed by atoms with van der Waals surface area (Å²) in [5.74, 6) is 0.894. The van der Waals surface area contributed by atoms with E-state index in [-0.39, 0.29) is 12.5 Å². The number of hydrogen-bond donors (Lipinski definition) is 0. The quantitative estimate of drug-likeness (QED) is 0.636. The van der Waals surface area contributed by atoms with Crippen LogP contribution in [-0.2, 0) is 11.3 Å². The fraction of sp³-hybridized carbons (Fsp3) is 0.238. The van der Waals surface area contributed by atoms with E-state index in [9.17, 15) is 4.79 Å². The summed E-state index contributed by atoms with van der Waals surface area (Å²) in [6.07, 6.45) is 3.25. The van der Waals surface area contributed by atoms with E-state index in [0.717, 1.165) is 11.1 Å². The van der Waals surface area contributed by atoms with Crippen molar-refractivity contribution in [2.75, 3.05) is 20.3 Å². The maximum absolute atomic E-state index is 12.5. The van der Waals surface area contributed by atoms with Gasteiger partial charge in [0.25, 0.3) is 0 Å². The number of carbonyl (C=O) groups is 1. The van der Waals surface area contributed by atoms with Gasteiger partial charge in [-0.1, -0.05) is 29.8 Å². The van der Waals surface area contributed by atoms with Gasteiger partial charge < -0.3 is 14.4 Å². The van der Waals surface area contributed by atoms with Crippen LogP contribution in [0.2, 0.25) is 5.02 Å². The number of nitrogens with zero attached hydrogens (tertiary/aromatic N) is 2. The maximum atomic E-state index is 12.5. The van der Waals surface area contributed by atoms with E-state index in [1.54, 1.807) is 35.2 Å². The lowest BCUT2D eigenvalue weighted by atomic mass is 10.1. The number of nitriles is 1. The molecule has 0 bridgehead atoms. The molecule has 0 spiro atoms. The average molecular weight is 385 g/mol. The third-order valence-corrected chi connectivity index (χ3v) is 4.09. The highest BCUT2D eigenvalue weighted by Crippen LogP contribution is 2.28. The zero-order chi connectivity index (χ0) is 19.6. The highest BCUT2D eigenvalue weighted by atomic mass is 35.5. The van der Waals surface area contributed by atoms with Crippen LogP contribution in [0.5, 0.6) is 11.5 Å². The van der Waals surface area contributed by atoms with Crippen molar-refractivity contribution in [3.05, 3.63) is 64.7 Å². The fourth-order valence-corrected chi connectivity index (χ4v) is 2.70. The SMILES string of the molecule is CCN(Cc1cccc(Cl)c1)C(=O)/C=C/c1ccc(OCC#N)c(OC)c1. The number of benzene rings is 2. The first-order valence-corrected chi connectivity index (χ1v) is 8.84. The molecule has 0 N–H and O–H groups in total. The van der Waals surface area contributed by atoms with E-state index in [1.807, 2.05) is 31.2 Å². The van der Waals surface area contributed by atoms with Gasteiger partial charge in [0.2, 0.25) is 5.91 Å². The minimum atomic E-state index is -0.0961. The Balaban J connectivity index is 2.08. The lowest BCUT2D eigenvalue weighted by Crippen LogP contribution is -2.28. The fourth-order valence-electron chi connectivity index (χ4n) is 2.49. The predicted octanol–water partition coefficient (Wildman–Crippen LogP) is 4.31. The molecule has 140 valence electrons. The smallest absolute Gasteiger partial charge is 0.246 e. The number of halogens is 1. The van der Waals surface area contributed by atoms with Gasteiger partial charge in [0.05, 0.1) is 7.11 Å². The van der Waals surface area contributed by atoms with Gasteiger partial charge in [-0.2, -0.15) is 5.26 Å². The van der Waals surface area contributed by atoms with Crippen LogP contribution in [0.1, 0.15) is 18.1 Å². The molecule has 2 aromatic carbocycles. The molecule has 2 aromatic rings. The molecule has 0 aromatic heterocycles. The summed E-state index contributed by atoms with van der Waals surface area (Å²) < 4.78 is 10.6. The Morgan fingerprint density at radius 3 is 2.74 bits per heavy atom. The highest BCUT2D eigenvalue weighted by molar-refractivity contribution is 6.30. The molecule has 0 saturated carbocycles. The molecule has 0 fully saturated rings. The molecule has 0 aliphatic rings. The molecular formula is C21H21ClN2O3. The number of likely N-dealkylation sites (N-methyl/N-ethyl adjacent to an activating group) is 1. The van der Waals surface area contributed by atoms with Gasteiger partial charge in [0.1, 0.15) is 6.07 Å². The van der Waals surface area contributed by atoms with Crippen LogP contribution < -0.4 is 9.47 Å². The molecule has 27 heavy (non-hydrogen) atoms. The summed E-state index contributed by atoms with van der Waals surface area (Å²) >= 11 is 6.01. The van der Waals surface area contributed by atoms with E-state index in [2.05, 4.69) is 0 Å². The first kappa shape index (κ1) is 20.3. The summed E-state index contributed by atoms with van der Waals surface area (Å²) in [6, 6.07) is 14.6. The first-order chi connectivity index (χ1) is 13.1. The Kier molecular flexibility index (Phi) is 7.72. The van der Waals surface area contributed by atoms with Gasteiger partial charge in [-0.3, -0.25) is 4.79 Å². The topological polar surface area (TPSA) is 62.6 Å². The average Bonchev–Trinajstić information content (AvgIpc) is 2.68. The Labute approximate surface area is 164 Å². The number of amides is 1. The zero-order valence-corrected chi connectivity index (χ0v) is 16.1. The van der Waals surface area contributed by atoms with Crippen molar-refractivity contribution >= 4 is 23.6 Å². The number of ether oxygens (including phenoxy) is 2. The highest BCUT2D eigenvalue weighted by Gasteiger charge is 2.10. The van der Waals surface area contributed by atoms with Crippen molar-refractivity contribution in [3.63, 3.8) is 0 Å². The molecule has 2 rings (SSSR count). The molecule has 0 heterocycles.